The first-order valence-electron chi connectivity index (χ1n) is 4.87. The molecule has 1 rings (SSSR count). The summed E-state index contributed by atoms with van der Waals surface area (Å²) in [6.07, 6.45) is 0.464. The third kappa shape index (κ3) is 4.29. The molecule has 15 heavy (non-hydrogen) atoms. The van der Waals surface area contributed by atoms with E-state index in [1.807, 2.05) is 13.0 Å². The summed E-state index contributed by atoms with van der Waals surface area (Å²) in [6, 6.07) is 2.05. The molecule has 2 N–H and O–H groups in total. The van der Waals surface area contributed by atoms with Crippen molar-refractivity contribution in [2.24, 2.45) is 0 Å². The number of aliphatic hydroxyl groups is 1. The normalized spacial score (nSPS) is 15.3. The standard InChI is InChI=1S/C10H15Cl2NOS/c1-6(14)3-4-13-7(2)8-5-9(11)15-10(8)12/h5-7,13-14H,3-4H2,1-2H3. The van der Waals surface area contributed by atoms with Crippen LogP contribution in [0.2, 0.25) is 8.67 Å². The highest BCUT2D eigenvalue weighted by atomic mass is 35.5. The van der Waals surface area contributed by atoms with Gasteiger partial charge in [0.15, 0.2) is 0 Å². The molecule has 0 aliphatic heterocycles. The molecule has 0 aliphatic carbocycles. The lowest BCUT2D eigenvalue weighted by Gasteiger charge is -2.13. The minimum absolute atomic E-state index is 0.167. The first-order valence-corrected chi connectivity index (χ1v) is 6.44. The molecule has 0 fully saturated rings. The largest absolute Gasteiger partial charge is 0.393 e. The Bertz CT molecular complexity index is 314. The van der Waals surface area contributed by atoms with Crippen molar-refractivity contribution < 1.29 is 5.11 Å². The third-order valence-corrected chi connectivity index (χ3v) is 3.68. The van der Waals surface area contributed by atoms with Gasteiger partial charge in [-0.25, -0.2) is 0 Å². The SMILES string of the molecule is CC(O)CCNC(C)c1cc(Cl)sc1Cl. The van der Waals surface area contributed by atoms with E-state index in [1.165, 1.54) is 11.3 Å². The molecule has 0 spiro atoms. The van der Waals surface area contributed by atoms with Crippen LogP contribution < -0.4 is 5.32 Å². The fourth-order valence-corrected chi connectivity index (χ4v) is 2.91. The number of halogens is 2. The second-order valence-corrected chi connectivity index (χ2v) is 5.88. The highest BCUT2D eigenvalue weighted by Gasteiger charge is 2.12. The van der Waals surface area contributed by atoms with Gasteiger partial charge >= 0.3 is 0 Å². The molecule has 86 valence electrons. The molecule has 0 aliphatic rings. The summed E-state index contributed by atoms with van der Waals surface area (Å²) in [7, 11) is 0. The van der Waals surface area contributed by atoms with Crippen LogP contribution in [0, 0.1) is 0 Å². The van der Waals surface area contributed by atoms with Crippen LogP contribution in [0.25, 0.3) is 0 Å². The Labute approximate surface area is 104 Å². The van der Waals surface area contributed by atoms with Gasteiger partial charge in [-0.2, -0.15) is 0 Å². The number of hydrogen-bond acceptors (Lipinski definition) is 3. The molecule has 2 nitrogen and oxygen atoms in total. The van der Waals surface area contributed by atoms with Gasteiger partial charge in [0.05, 0.1) is 14.8 Å². The second kappa shape index (κ2) is 6.06. The average Bonchev–Trinajstić information content (AvgIpc) is 2.44. The van der Waals surface area contributed by atoms with E-state index in [2.05, 4.69) is 5.32 Å². The van der Waals surface area contributed by atoms with E-state index in [-0.39, 0.29) is 12.1 Å². The van der Waals surface area contributed by atoms with Crippen LogP contribution in [0.4, 0.5) is 0 Å². The molecule has 2 unspecified atom stereocenters. The van der Waals surface area contributed by atoms with E-state index in [4.69, 9.17) is 28.3 Å². The Morgan fingerprint density at radius 3 is 2.60 bits per heavy atom. The Kier molecular flexibility index (Phi) is 5.36. The fourth-order valence-electron chi connectivity index (χ4n) is 1.27. The molecule has 2 atom stereocenters. The van der Waals surface area contributed by atoms with Crippen LogP contribution >= 0.6 is 34.5 Å². The van der Waals surface area contributed by atoms with Crippen LogP contribution in [0.5, 0.6) is 0 Å². The molecule has 0 saturated heterocycles. The van der Waals surface area contributed by atoms with Crippen molar-refractivity contribution in [2.45, 2.75) is 32.4 Å². The zero-order chi connectivity index (χ0) is 11.4. The van der Waals surface area contributed by atoms with Gasteiger partial charge in [0.2, 0.25) is 0 Å². The zero-order valence-electron chi connectivity index (χ0n) is 8.76. The van der Waals surface area contributed by atoms with E-state index in [1.54, 1.807) is 6.92 Å². The Hall–Kier alpha value is 0.200. The molecule has 0 bridgehead atoms. The first kappa shape index (κ1) is 13.3. The van der Waals surface area contributed by atoms with Crippen molar-refractivity contribution in [3.63, 3.8) is 0 Å². The monoisotopic (exact) mass is 267 g/mol. The highest BCUT2D eigenvalue weighted by Crippen LogP contribution is 2.34. The molecule has 0 aromatic carbocycles. The lowest BCUT2D eigenvalue weighted by atomic mass is 10.2. The summed E-state index contributed by atoms with van der Waals surface area (Å²) in [4.78, 5) is 0. The van der Waals surface area contributed by atoms with Crippen molar-refractivity contribution in [1.29, 1.82) is 0 Å². The highest BCUT2D eigenvalue weighted by molar-refractivity contribution is 7.20. The summed E-state index contributed by atoms with van der Waals surface area (Å²) in [5, 5.41) is 12.4. The summed E-state index contributed by atoms with van der Waals surface area (Å²) in [5.41, 5.74) is 1.03. The molecular formula is C10H15Cl2NOS. The molecule has 0 saturated carbocycles. The van der Waals surface area contributed by atoms with Gasteiger partial charge in [-0.3, -0.25) is 0 Å². The molecule has 0 amide bonds. The van der Waals surface area contributed by atoms with Crippen molar-refractivity contribution >= 4 is 34.5 Å². The number of nitrogens with one attached hydrogen (secondary N) is 1. The first-order chi connectivity index (χ1) is 7.00. The predicted octanol–water partition coefficient (Wildman–Crippen LogP) is 3.48. The van der Waals surface area contributed by atoms with E-state index < -0.39 is 0 Å². The molecule has 5 heteroatoms. The van der Waals surface area contributed by atoms with Gasteiger partial charge in [0, 0.05) is 6.04 Å². The number of thiophene rings is 1. The van der Waals surface area contributed by atoms with Gasteiger partial charge in [-0.1, -0.05) is 23.2 Å². The fraction of sp³-hybridized carbons (Fsp3) is 0.600. The molecule has 1 aromatic rings. The Morgan fingerprint density at radius 1 is 1.47 bits per heavy atom. The quantitative estimate of drug-likeness (QED) is 0.857. The molecular weight excluding hydrogens is 253 g/mol. The predicted molar refractivity (Wildman–Crippen MR) is 67.1 cm³/mol. The Balaban J connectivity index is 2.46. The summed E-state index contributed by atoms with van der Waals surface area (Å²) in [6.45, 7) is 4.58. The van der Waals surface area contributed by atoms with Crippen molar-refractivity contribution in [1.82, 2.24) is 5.32 Å². The van der Waals surface area contributed by atoms with Crippen molar-refractivity contribution in [2.75, 3.05) is 6.54 Å². The van der Waals surface area contributed by atoms with Crippen LogP contribution in [-0.2, 0) is 0 Å². The van der Waals surface area contributed by atoms with Gasteiger partial charge < -0.3 is 10.4 Å². The summed E-state index contributed by atoms with van der Waals surface area (Å²) >= 11 is 13.3. The molecule has 1 aromatic heterocycles. The molecule has 1 heterocycles. The van der Waals surface area contributed by atoms with Gasteiger partial charge in [0.25, 0.3) is 0 Å². The minimum Gasteiger partial charge on any atom is -0.393 e. The van der Waals surface area contributed by atoms with Crippen LogP contribution in [0.1, 0.15) is 31.9 Å². The van der Waals surface area contributed by atoms with Gasteiger partial charge in [-0.05, 0) is 38.4 Å². The number of aliphatic hydroxyl groups excluding tert-OH is 1. The Morgan fingerprint density at radius 2 is 2.13 bits per heavy atom. The topological polar surface area (TPSA) is 32.3 Å². The maximum absolute atomic E-state index is 9.11. The third-order valence-electron chi connectivity index (χ3n) is 2.16. The average molecular weight is 268 g/mol. The summed E-state index contributed by atoms with van der Waals surface area (Å²) < 4.78 is 1.44. The van der Waals surface area contributed by atoms with Gasteiger partial charge in [-0.15, -0.1) is 11.3 Å². The number of rotatable bonds is 5. The van der Waals surface area contributed by atoms with Crippen LogP contribution in [0.15, 0.2) is 6.07 Å². The maximum atomic E-state index is 9.11. The number of hydrogen-bond donors (Lipinski definition) is 2. The van der Waals surface area contributed by atoms with Crippen LogP contribution in [0.3, 0.4) is 0 Å². The maximum Gasteiger partial charge on any atom is 0.0991 e. The van der Waals surface area contributed by atoms with E-state index in [9.17, 15) is 0 Å². The van der Waals surface area contributed by atoms with E-state index in [0.717, 1.165) is 22.9 Å². The zero-order valence-corrected chi connectivity index (χ0v) is 11.1. The lowest BCUT2D eigenvalue weighted by molar-refractivity contribution is 0.182. The second-order valence-electron chi connectivity index (χ2n) is 3.59. The summed E-state index contributed by atoms with van der Waals surface area (Å²) in [5.74, 6) is 0. The van der Waals surface area contributed by atoms with Gasteiger partial charge in [0.1, 0.15) is 0 Å². The van der Waals surface area contributed by atoms with Crippen LogP contribution in [-0.4, -0.2) is 17.8 Å². The van der Waals surface area contributed by atoms with Crippen molar-refractivity contribution in [3.05, 3.63) is 20.3 Å². The molecule has 0 radical (unpaired) electrons. The lowest BCUT2D eigenvalue weighted by Crippen LogP contribution is -2.22. The van der Waals surface area contributed by atoms with Crippen molar-refractivity contribution in [3.8, 4) is 0 Å². The van der Waals surface area contributed by atoms with E-state index >= 15 is 0 Å². The van der Waals surface area contributed by atoms with E-state index in [0.29, 0.717) is 4.34 Å². The smallest absolute Gasteiger partial charge is 0.0991 e. The minimum atomic E-state index is -0.272.